The van der Waals surface area contributed by atoms with E-state index in [1.54, 1.807) is 31.2 Å². The molecule has 0 aromatic heterocycles. The standard InChI is InChI=1S/C14H15NO3/c1-3-18-14(17)13(16)12-8-6-11(7-9-12)5-4-10-15-2/h6-9,15H,3,10H2,1-2H3. The molecule has 0 aliphatic rings. The van der Waals surface area contributed by atoms with E-state index in [0.29, 0.717) is 12.1 Å². The van der Waals surface area contributed by atoms with Crippen LogP contribution in [0.1, 0.15) is 22.8 Å². The van der Waals surface area contributed by atoms with Gasteiger partial charge in [0, 0.05) is 11.1 Å². The minimum absolute atomic E-state index is 0.193. The zero-order valence-corrected chi connectivity index (χ0v) is 10.4. The maximum absolute atomic E-state index is 11.6. The smallest absolute Gasteiger partial charge is 0.379 e. The van der Waals surface area contributed by atoms with Gasteiger partial charge in [-0.15, -0.1) is 0 Å². The van der Waals surface area contributed by atoms with Gasteiger partial charge in [0.15, 0.2) is 0 Å². The van der Waals surface area contributed by atoms with Gasteiger partial charge < -0.3 is 10.1 Å². The Morgan fingerprint density at radius 2 is 1.94 bits per heavy atom. The Morgan fingerprint density at radius 3 is 2.50 bits per heavy atom. The first kappa shape index (κ1) is 13.9. The highest BCUT2D eigenvalue weighted by Crippen LogP contribution is 2.05. The minimum Gasteiger partial charge on any atom is -0.460 e. The molecule has 0 unspecified atom stereocenters. The molecule has 0 bridgehead atoms. The summed E-state index contributed by atoms with van der Waals surface area (Å²) >= 11 is 0. The molecule has 1 aromatic carbocycles. The van der Waals surface area contributed by atoms with Crippen LogP contribution in [-0.4, -0.2) is 32.0 Å². The predicted octanol–water partition coefficient (Wildman–Crippen LogP) is 1.00. The zero-order chi connectivity index (χ0) is 13.4. The van der Waals surface area contributed by atoms with Gasteiger partial charge >= 0.3 is 5.97 Å². The van der Waals surface area contributed by atoms with E-state index in [1.165, 1.54) is 0 Å². The Bertz CT molecular complexity index is 480. The van der Waals surface area contributed by atoms with Crippen molar-refractivity contribution in [3.8, 4) is 11.8 Å². The maximum atomic E-state index is 11.6. The van der Waals surface area contributed by atoms with Crippen LogP contribution < -0.4 is 5.32 Å². The molecule has 0 radical (unpaired) electrons. The van der Waals surface area contributed by atoms with Gasteiger partial charge in [-0.3, -0.25) is 4.79 Å². The number of ether oxygens (including phenoxy) is 1. The fourth-order valence-electron chi connectivity index (χ4n) is 1.25. The summed E-state index contributed by atoms with van der Waals surface area (Å²) in [5.41, 5.74) is 1.11. The number of benzene rings is 1. The summed E-state index contributed by atoms with van der Waals surface area (Å²) in [6.45, 7) is 2.45. The molecule has 1 aromatic rings. The van der Waals surface area contributed by atoms with Gasteiger partial charge in [-0.2, -0.15) is 0 Å². The number of Topliss-reactive ketones (excluding diaryl/α,β-unsaturated/α-hetero) is 1. The molecule has 0 heterocycles. The molecule has 0 saturated carbocycles. The molecule has 0 fully saturated rings. The predicted molar refractivity (Wildman–Crippen MR) is 68.2 cm³/mol. The highest BCUT2D eigenvalue weighted by molar-refractivity contribution is 6.40. The van der Waals surface area contributed by atoms with Gasteiger partial charge in [-0.05, 0) is 38.2 Å². The van der Waals surface area contributed by atoms with Crippen LogP contribution >= 0.6 is 0 Å². The van der Waals surface area contributed by atoms with Gasteiger partial charge in [0.1, 0.15) is 0 Å². The van der Waals surface area contributed by atoms with Crippen molar-refractivity contribution in [3.63, 3.8) is 0 Å². The quantitative estimate of drug-likeness (QED) is 0.372. The van der Waals surface area contributed by atoms with Crippen molar-refractivity contribution in [2.24, 2.45) is 0 Å². The first-order valence-electron chi connectivity index (χ1n) is 5.64. The van der Waals surface area contributed by atoms with Crippen molar-refractivity contribution < 1.29 is 14.3 Å². The van der Waals surface area contributed by atoms with E-state index >= 15 is 0 Å². The van der Waals surface area contributed by atoms with E-state index in [0.717, 1.165) is 5.56 Å². The lowest BCUT2D eigenvalue weighted by atomic mass is 10.1. The molecule has 4 nitrogen and oxygen atoms in total. The van der Waals surface area contributed by atoms with Gasteiger partial charge in [0.05, 0.1) is 13.2 Å². The van der Waals surface area contributed by atoms with Crippen molar-refractivity contribution in [1.82, 2.24) is 5.32 Å². The van der Waals surface area contributed by atoms with Crippen LogP contribution in [0.15, 0.2) is 24.3 Å². The SMILES string of the molecule is CCOC(=O)C(=O)c1ccc(C#CCNC)cc1. The van der Waals surface area contributed by atoms with Crippen LogP contribution in [0.25, 0.3) is 0 Å². The molecule has 0 amide bonds. The Balaban J connectivity index is 2.74. The lowest BCUT2D eigenvalue weighted by Crippen LogP contribution is -2.17. The number of rotatable bonds is 4. The summed E-state index contributed by atoms with van der Waals surface area (Å²) in [5.74, 6) is 4.37. The van der Waals surface area contributed by atoms with Gasteiger partial charge in [-0.1, -0.05) is 11.8 Å². The van der Waals surface area contributed by atoms with Gasteiger partial charge in [0.2, 0.25) is 0 Å². The topological polar surface area (TPSA) is 55.4 Å². The number of nitrogens with one attached hydrogen (secondary N) is 1. The monoisotopic (exact) mass is 245 g/mol. The molecule has 0 aliphatic carbocycles. The number of carbonyl (C=O) groups is 2. The number of esters is 1. The fraction of sp³-hybridized carbons (Fsp3) is 0.286. The third-order valence-electron chi connectivity index (χ3n) is 2.11. The lowest BCUT2D eigenvalue weighted by Gasteiger charge is -2.00. The lowest BCUT2D eigenvalue weighted by molar-refractivity contribution is -0.137. The summed E-state index contributed by atoms with van der Waals surface area (Å²) in [5, 5.41) is 2.91. The Kier molecular flexibility index (Phi) is 5.62. The third-order valence-corrected chi connectivity index (χ3v) is 2.11. The molecule has 0 spiro atoms. The Hall–Kier alpha value is -2.12. The van der Waals surface area contributed by atoms with Crippen LogP contribution in [-0.2, 0) is 9.53 Å². The van der Waals surface area contributed by atoms with Gasteiger partial charge in [-0.25, -0.2) is 4.79 Å². The highest BCUT2D eigenvalue weighted by Gasteiger charge is 2.16. The molecule has 1 rings (SSSR count). The Morgan fingerprint density at radius 1 is 1.28 bits per heavy atom. The van der Waals surface area contributed by atoms with Crippen molar-refractivity contribution in [2.75, 3.05) is 20.2 Å². The van der Waals surface area contributed by atoms with Crippen LogP contribution in [0.4, 0.5) is 0 Å². The van der Waals surface area contributed by atoms with E-state index < -0.39 is 11.8 Å². The molecule has 4 heteroatoms. The van der Waals surface area contributed by atoms with Crippen molar-refractivity contribution in [2.45, 2.75) is 6.92 Å². The summed E-state index contributed by atoms with van der Waals surface area (Å²) in [6, 6.07) is 6.55. The molecule has 94 valence electrons. The second-order valence-electron chi connectivity index (χ2n) is 3.46. The molecule has 0 saturated heterocycles. The van der Waals surface area contributed by atoms with Gasteiger partial charge in [0.25, 0.3) is 5.78 Å². The number of hydrogen-bond donors (Lipinski definition) is 1. The first-order chi connectivity index (χ1) is 8.69. The van der Waals surface area contributed by atoms with E-state index in [9.17, 15) is 9.59 Å². The van der Waals surface area contributed by atoms with Crippen LogP contribution in [0.3, 0.4) is 0 Å². The molecule has 18 heavy (non-hydrogen) atoms. The molecular weight excluding hydrogens is 230 g/mol. The van der Waals surface area contributed by atoms with Crippen LogP contribution in [0.2, 0.25) is 0 Å². The first-order valence-corrected chi connectivity index (χ1v) is 5.64. The second kappa shape index (κ2) is 7.25. The average Bonchev–Trinajstić information content (AvgIpc) is 2.39. The Labute approximate surface area is 106 Å². The number of carbonyl (C=O) groups excluding carboxylic acids is 2. The number of ketones is 1. The van der Waals surface area contributed by atoms with Crippen LogP contribution in [0, 0.1) is 11.8 Å². The molecule has 1 N–H and O–H groups in total. The van der Waals surface area contributed by atoms with E-state index in [-0.39, 0.29) is 6.61 Å². The summed E-state index contributed by atoms with van der Waals surface area (Å²) in [4.78, 5) is 22.8. The van der Waals surface area contributed by atoms with E-state index in [1.807, 2.05) is 7.05 Å². The van der Waals surface area contributed by atoms with Crippen molar-refractivity contribution in [3.05, 3.63) is 35.4 Å². The zero-order valence-electron chi connectivity index (χ0n) is 10.4. The van der Waals surface area contributed by atoms with Crippen molar-refractivity contribution in [1.29, 1.82) is 0 Å². The summed E-state index contributed by atoms with van der Waals surface area (Å²) in [7, 11) is 1.82. The largest absolute Gasteiger partial charge is 0.460 e. The normalized spacial score (nSPS) is 9.22. The summed E-state index contributed by atoms with van der Waals surface area (Å²) in [6.07, 6.45) is 0. The van der Waals surface area contributed by atoms with E-state index in [4.69, 9.17) is 0 Å². The molecular formula is C14H15NO3. The molecule has 0 aliphatic heterocycles. The minimum atomic E-state index is -0.827. The average molecular weight is 245 g/mol. The highest BCUT2D eigenvalue weighted by atomic mass is 16.5. The third kappa shape index (κ3) is 4.04. The molecule has 0 atom stereocenters. The fourth-order valence-corrected chi connectivity index (χ4v) is 1.25. The summed E-state index contributed by atoms with van der Waals surface area (Å²) < 4.78 is 4.64. The maximum Gasteiger partial charge on any atom is 0.379 e. The van der Waals surface area contributed by atoms with Crippen molar-refractivity contribution >= 4 is 11.8 Å². The second-order valence-corrected chi connectivity index (χ2v) is 3.46. The van der Waals surface area contributed by atoms with Crippen LogP contribution in [0.5, 0.6) is 0 Å². The van der Waals surface area contributed by atoms with E-state index in [2.05, 4.69) is 21.9 Å². The number of hydrogen-bond acceptors (Lipinski definition) is 4.